The number of hydrogen-bond donors (Lipinski definition) is 0. The van der Waals surface area contributed by atoms with Crippen LogP contribution in [0.4, 0.5) is 0 Å². The van der Waals surface area contributed by atoms with Crippen molar-refractivity contribution in [2.24, 2.45) is 11.8 Å². The Labute approximate surface area is 77.1 Å². The van der Waals surface area contributed by atoms with Crippen molar-refractivity contribution < 1.29 is 0 Å². The van der Waals surface area contributed by atoms with E-state index in [2.05, 4.69) is 32.7 Å². The van der Waals surface area contributed by atoms with Crippen molar-refractivity contribution in [2.45, 2.75) is 46.1 Å². The van der Waals surface area contributed by atoms with Gasteiger partial charge in [-0.15, -0.1) is 0 Å². The predicted octanol–water partition coefficient (Wildman–Crippen LogP) is 2.76. The fourth-order valence-corrected chi connectivity index (χ4v) is 2.56. The van der Waals surface area contributed by atoms with E-state index in [4.69, 9.17) is 0 Å². The molecule has 1 fully saturated rings. The first-order valence-corrected chi connectivity index (χ1v) is 5.37. The number of nitrogens with zero attached hydrogens (tertiary/aromatic N) is 1. The normalized spacial score (nSPS) is 39.5. The molecule has 1 aliphatic rings. The molecule has 0 radical (unpaired) electrons. The van der Waals surface area contributed by atoms with Crippen LogP contribution in [0.3, 0.4) is 0 Å². The maximum atomic E-state index is 2.55. The highest BCUT2D eigenvalue weighted by Crippen LogP contribution is 2.28. The first kappa shape index (κ1) is 10.0. The Kier molecular flexibility index (Phi) is 3.57. The molecule has 0 aromatic rings. The van der Waals surface area contributed by atoms with Crippen LogP contribution in [0.15, 0.2) is 0 Å². The average Bonchev–Trinajstić information content (AvgIpc) is 2.14. The van der Waals surface area contributed by atoms with Crippen LogP contribution in [0.5, 0.6) is 0 Å². The fraction of sp³-hybridized carbons (Fsp3) is 1.00. The summed E-state index contributed by atoms with van der Waals surface area (Å²) in [5.74, 6) is 1.79. The van der Waals surface area contributed by atoms with Gasteiger partial charge < -0.3 is 4.90 Å². The van der Waals surface area contributed by atoms with Gasteiger partial charge >= 0.3 is 0 Å². The molecule has 0 amide bonds. The molecule has 1 nitrogen and oxygen atoms in total. The molecule has 12 heavy (non-hydrogen) atoms. The summed E-state index contributed by atoms with van der Waals surface area (Å²) in [4.78, 5) is 2.55. The SMILES string of the molecule is CCC1C(C)C(C)CCCN1C. The highest BCUT2D eigenvalue weighted by atomic mass is 15.1. The molecular formula is C11H23N. The van der Waals surface area contributed by atoms with Gasteiger partial charge in [0.15, 0.2) is 0 Å². The van der Waals surface area contributed by atoms with Crippen LogP contribution >= 0.6 is 0 Å². The minimum Gasteiger partial charge on any atom is -0.303 e. The second-order valence-electron chi connectivity index (χ2n) is 4.43. The molecule has 0 N–H and O–H groups in total. The number of rotatable bonds is 1. The summed E-state index contributed by atoms with van der Waals surface area (Å²) in [6, 6.07) is 0.822. The third-order valence-corrected chi connectivity index (χ3v) is 3.66. The highest BCUT2D eigenvalue weighted by molar-refractivity contribution is 4.80. The van der Waals surface area contributed by atoms with Gasteiger partial charge in [-0.2, -0.15) is 0 Å². The van der Waals surface area contributed by atoms with Gasteiger partial charge in [-0.05, 0) is 44.7 Å². The van der Waals surface area contributed by atoms with Crippen molar-refractivity contribution in [3.63, 3.8) is 0 Å². The first-order valence-electron chi connectivity index (χ1n) is 5.37. The molecule has 3 atom stereocenters. The second kappa shape index (κ2) is 4.27. The van der Waals surface area contributed by atoms with Crippen molar-refractivity contribution >= 4 is 0 Å². The van der Waals surface area contributed by atoms with Gasteiger partial charge in [0.2, 0.25) is 0 Å². The molecule has 0 aromatic heterocycles. The van der Waals surface area contributed by atoms with Crippen molar-refractivity contribution in [2.75, 3.05) is 13.6 Å². The first-order chi connectivity index (χ1) is 5.66. The fourth-order valence-electron chi connectivity index (χ4n) is 2.56. The molecule has 1 heterocycles. The third kappa shape index (κ3) is 2.01. The van der Waals surface area contributed by atoms with Crippen molar-refractivity contribution in [1.29, 1.82) is 0 Å². The second-order valence-corrected chi connectivity index (χ2v) is 4.43. The van der Waals surface area contributed by atoms with E-state index >= 15 is 0 Å². The molecule has 0 aliphatic carbocycles. The smallest absolute Gasteiger partial charge is 0.0118 e. The van der Waals surface area contributed by atoms with Gasteiger partial charge in [0.1, 0.15) is 0 Å². The quantitative estimate of drug-likeness (QED) is 0.583. The van der Waals surface area contributed by atoms with Gasteiger partial charge in [0.25, 0.3) is 0 Å². The van der Waals surface area contributed by atoms with E-state index in [1.54, 1.807) is 0 Å². The Morgan fingerprint density at radius 1 is 1.33 bits per heavy atom. The van der Waals surface area contributed by atoms with Crippen LogP contribution in [0.1, 0.15) is 40.0 Å². The number of likely N-dealkylation sites (tertiary alicyclic amines) is 1. The lowest BCUT2D eigenvalue weighted by Gasteiger charge is -2.31. The van der Waals surface area contributed by atoms with E-state index < -0.39 is 0 Å². The summed E-state index contributed by atoms with van der Waals surface area (Å²) in [6.45, 7) is 8.44. The van der Waals surface area contributed by atoms with Gasteiger partial charge in [0, 0.05) is 6.04 Å². The Balaban J connectivity index is 2.63. The zero-order valence-electron chi connectivity index (χ0n) is 9.01. The number of hydrogen-bond acceptors (Lipinski definition) is 1. The monoisotopic (exact) mass is 169 g/mol. The standard InChI is InChI=1S/C11H23N/c1-5-11-10(3)9(2)7-6-8-12(11)4/h9-11H,5-8H2,1-4H3. The molecular weight excluding hydrogens is 146 g/mol. The van der Waals surface area contributed by atoms with Crippen LogP contribution in [-0.2, 0) is 0 Å². The predicted molar refractivity (Wildman–Crippen MR) is 54.3 cm³/mol. The summed E-state index contributed by atoms with van der Waals surface area (Å²) >= 11 is 0. The summed E-state index contributed by atoms with van der Waals surface area (Å²) < 4.78 is 0. The Bertz CT molecular complexity index is 133. The molecule has 1 aliphatic heterocycles. The van der Waals surface area contributed by atoms with Crippen LogP contribution in [-0.4, -0.2) is 24.5 Å². The van der Waals surface area contributed by atoms with Gasteiger partial charge in [0.05, 0.1) is 0 Å². The van der Waals surface area contributed by atoms with Crippen molar-refractivity contribution in [3.8, 4) is 0 Å². The largest absolute Gasteiger partial charge is 0.303 e. The van der Waals surface area contributed by atoms with Crippen LogP contribution < -0.4 is 0 Å². The summed E-state index contributed by atoms with van der Waals surface area (Å²) in [5, 5.41) is 0. The van der Waals surface area contributed by atoms with E-state index in [9.17, 15) is 0 Å². The lowest BCUT2D eigenvalue weighted by atomic mass is 9.86. The molecule has 0 saturated carbocycles. The zero-order valence-corrected chi connectivity index (χ0v) is 9.01. The molecule has 0 spiro atoms. The van der Waals surface area contributed by atoms with Crippen molar-refractivity contribution in [3.05, 3.63) is 0 Å². The average molecular weight is 169 g/mol. The Hall–Kier alpha value is -0.0400. The maximum Gasteiger partial charge on any atom is 0.0118 e. The van der Waals surface area contributed by atoms with Crippen LogP contribution in [0, 0.1) is 11.8 Å². The molecule has 1 saturated heterocycles. The van der Waals surface area contributed by atoms with Crippen molar-refractivity contribution in [1.82, 2.24) is 4.90 Å². The maximum absolute atomic E-state index is 2.55. The highest BCUT2D eigenvalue weighted by Gasteiger charge is 2.27. The molecule has 1 rings (SSSR count). The molecule has 1 heteroatoms. The van der Waals surface area contributed by atoms with E-state index in [1.165, 1.54) is 25.8 Å². The minimum atomic E-state index is 0.822. The molecule has 0 bridgehead atoms. The lowest BCUT2D eigenvalue weighted by molar-refractivity contribution is 0.172. The van der Waals surface area contributed by atoms with E-state index in [-0.39, 0.29) is 0 Å². The summed E-state index contributed by atoms with van der Waals surface area (Å²) in [6.07, 6.45) is 4.11. The Morgan fingerprint density at radius 2 is 2.00 bits per heavy atom. The summed E-state index contributed by atoms with van der Waals surface area (Å²) in [7, 11) is 2.28. The van der Waals surface area contributed by atoms with E-state index in [0.29, 0.717) is 0 Å². The van der Waals surface area contributed by atoms with Crippen LogP contribution in [0.25, 0.3) is 0 Å². The lowest BCUT2D eigenvalue weighted by Crippen LogP contribution is -2.36. The van der Waals surface area contributed by atoms with E-state index in [1.807, 2.05) is 0 Å². The van der Waals surface area contributed by atoms with Gasteiger partial charge in [-0.1, -0.05) is 20.8 Å². The zero-order chi connectivity index (χ0) is 9.14. The Morgan fingerprint density at radius 3 is 2.58 bits per heavy atom. The third-order valence-electron chi connectivity index (χ3n) is 3.66. The van der Waals surface area contributed by atoms with Crippen LogP contribution in [0.2, 0.25) is 0 Å². The van der Waals surface area contributed by atoms with Gasteiger partial charge in [-0.25, -0.2) is 0 Å². The topological polar surface area (TPSA) is 3.24 Å². The molecule has 72 valence electrons. The molecule has 3 unspecified atom stereocenters. The van der Waals surface area contributed by atoms with E-state index in [0.717, 1.165) is 17.9 Å². The van der Waals surface area contributed by atoms with Gasteiger partial charge in [-0.3, -0.25) is 0 Å². The minimum absolute atomic E-state index is 0.822. The molecule has 0 aromatic carbocycles. The summed E-state index contributed by atoms with van der Waals surface area (Å²) in [5.41, 5.74) is 0.